The van der Waals surface area contributed by atoms with Gasteiger partial charge in [0.2, 0.25) is 0 Å². The summed E-state index contributed by atoms with van der Waals surface area (Å²) in [6.45, 7) is 4.08. The third kappa shape index (κ3) is 4.55. The van der Waals surface area contributed by atoms with Gasteiger partial charge in [-0.05, 0) is 32.3 Å². The second-order valence-corrected chi connectivity index (χ2v) is 6.37. The van der Waals surface area contributed by atoms with E-state index in [1.807, 2.05) is 6.08 Å². The minimum Gasteiger partial charge on any atom is -0.381 e. The van der Waals surface area contributed by atoms with Crippen molar-refractivity contribution in [2.24, 2.45) is 5.92 Å². The van der Waals surface area contributed by atoms with Crippen LogP contribution in [0, 0.1) is 12.8 Å². The van der Waals surface area contributed by atoms with Crippen molar-refractivity contribution < 1.29 is 23.2 Å². The van der Waals surface area contributed by atoms with Gasteiger partial charge in [0.05, 0.1) is 13.2 Å². The Hall–Kier alpha value is -1.99. The Bertz CT molecular complexity index is 675. The minimum atomic E-state index is -0.261. The summed E-state index contributed by atoms with van der Waals surface area (Å²) < 4.78 is 29.6. The Morgan fingerprint density at radius 3 is 3.00 bits per heavy atom. The Labute approximate surface area is 146 Å². The van der Waals surface area contributed by atoms with Crippen LogP contribution < -0.4 is 5.32 Å². The largest absolute Gasteiger partial charge is 0.381 e. The number of carbonyl (C=O) groups excluding carboxylic acids is 1. The van der Waals surface area contributed by atoms with Gasteiger partial charge in [0.15, 0.2) is 11.5 Å². The summed E-state index contributed by atoms with van der Waals surface area (Å²) in [5.74, 6) is 0.348. The first-order valence-electron chi connectivity index (χ1n) is 8.59. The molecule has 6 nitrogen and oxygen atoms in total. The SMILES string of the molecule is Cc1c(C(=O)NCC2CCOC2)noc1COCC1=CCCC=C1F. The Morgan fingerprint density at radius 1 is 1.40 bits per heavy atom. The molecule has 0 radical (unpaired) electrons. The highest BCUT2D eigenvalue weighted by molar-refractivity contribution is 5.93. The van der Waals surface area contributed by atoms with Crippen molar-refractivity contribution in [3.8, 4) is 0 Å². The lowest BCUT2D eigenvalue weighted by atomic mass is 10.1. The number of nitrogens with one attached hydrogen (secondary N) is 1. The molecular formula is C18H23FN2O4. The van der Waals surface area contributed by atoms with Gasteiger partial charge in [0.25, 0.3) is 5.91 Å². The average Bonchev–Trinajstić information content (AvgIpc) is 3.25. The van der Waals surface area contributed by atoms with E-state index in [1.54, 1.807) is 13.0 Å². The predicted molar refractivity (Wildman–Crippen MR) is 88.7 cm³/mol. The number of rotatable bonds is 7. The fraction of sp³-hybridized carbons (Fsp3) is 0.556. The first-order chi connectivity index (χ1) is 12.1. The number of aromatic nitrogens is 1. The molecule has 1 aromatic rings. The van der Waals surface area contributed by atoms with Crippen LogP contribution in [0.2, 0.25) is 0 Å². The zero-order valence-electron chi connectivity index (χ0n) is 14.3. The molecule has 136 valence electrons. The quantitative estimate of drug-likeness (QED) is 0.818. The second kappa shape index (κ2) is 8.40. The number of hydrogen-bond acceptors (Lipinski definition) is 5. The molecule has 1 N–H and O–H groups in total. The van der Waals surface area contributed by atoms with Crippen LogP contribution in [0.25, 0.3) is 0 Å². The standard InChI is InChI=1S/C18H23FN2O4/c1-12-16(11-24-10-14-4-2-3-5-15(14)19)25-21-17(12)18(22)20-8-13-6-7-23-9-13/h4-5,13H,2-3,6-11H2,1H3,(H,20,22). The molecule has 1 unspecified atom stereocenters. The molecule has 0 aromatic carbocycles. The van der Waals surface area contributed by atoms with Crippen molar-refractivity contribution >= 4 is 5.91 Å². The minimum absolute atomic E-state index is 0.146. The highest BCUT2D eigenvalue weighted by atomic mass is 19.1. The average molecular weight is 350 g/mol. The summed E-state index contributed by atoms with van der Waals surface area (Å²) in [5.41, 5.74) is 1.47. The van der Waals surface area contributed by atoms with Crippen molar-refractivity contribution in [3.63, 3.8) is 0 Å². The fourth-order valence-corrected chi connectivity index (χ4v) is 2.86. The van der Waals surface area contributed by atoms with Crippen LogP contribution in [-0.4, -0.2) is 37.4 Å². The highest BCUT2D eigenvalue weighted by Crippen LogP contribution is 2.21. The summed E-state index contributed by atoms with van der Waals surface area (Å²) in [5, 5.41) is 6.70. The Morgan fingerprint density at radius 2 is 2.24 bits per heavy atom. The molecule has 3 rings (SSSR count). The molecular weight excluding hydrogens is 327 g/mol. The van der Waals surface area contributed by atoms with Gasteiger partial charge in [-0.1, -0.05) is 11.2 Å². The maximum atomic E-state index is 13.6. The summed E-state index contributed by atoms with van der Waals surface area (Å²) in [7, 11) is 0. The van der Waals surface area contributed by atoms with E-state index in [1.165, 1.54) is 0 Å². The van der Waals surface area contributed by atoms with E-state index in [0.717, 1.165) is 25.9 Å². The van der Waals surface area contributed by atoms with Crippen molar-refractivity contribution in [3.05, 3.63) is 40.6 Å². The van der Waals surface area contributed by atoms with E-state index in [-0.39, 0.29) is 30.6 Å². The van der Waals surface area contributed by atoms with E-state index in [2.05, 4.69) is 10.5 Å². The summed E-state index contributed by atoms with van der Waals surface area (Å²) in [6, 6.07) is 0. The molecule has 0 bridgehead atoms. The molecule has 2 aliphatic rings. The Kier molecular flexibility index (Phi) is 5.99. The van der Waals surface area contributed by atoms with Crippen LogP contribution in [0.15, 0.2) is 28.1 Å². The van der Waals surface area contributed by atoms with Crippen LogP contribution in [0.5, 0.6) is 0 Å². The van der Waals surface area contributed by atoms with E-state index < -0.39 is 0 Å². The molecule has 0 spiro atoms. The van der Waals surface area contributed by atoms with E-state index in [9.17, 15) is 9.18 Å². The molecule has 2 heterocycles. The van der Waals surface area contributed by atoms with Gasteiger partial charge in [-0.2, -0.15) is 0 Å². The van der Waals surface area contributed by atoms with Crippen LogP contribution in [0.4, 0.5) is 4.39 Å². The molecule has 7 heteroatoms. The maximum Gasteiger partial charge on any atom is 0.273 e. The van der Waals surface area contributed by atoms with E-state index >= 15 is 0 Å². The molecule has 1 aliphatic carbocycles. The summed E-state index contributed by atoms with van der Waals surface area (Å²) in [6.07, 6.45) is 5.91. The third-order valence-corrected chi connectivity index (χ3v) is 4.49. The van der Waals surface area contributed by atoms with Crippen LogP contribution in [0.3, 0.4) is 0 Å². The highest BCUT2D eigenvalue weighted by Gasteiger charge is 2.21. The summed E-state index contributed by atoms with van der Waals surface area (Å²) in [4.78, 5) is 12.2. The van der Waals surface area contributed by atoms with Crippen LogP contribution in [-0.2, 0) is 16.1 Å². The van der Waals surface area contributed by atoms with Crippen molar-refractivity contribution in [1.82, 2.24) is 10.5 Å². The fourth-order valence-electron chi connectivity index (χ4n) is 2.86. The summed E-state index contributed by atoms with van der Waals surface area (Å²) >= 11 is 0. The second-order valence-electron chi connectivity index (χ2n) is 6.37. The van der Waals surface area contributed by atoms with Gasteiger partial charge < -0.3 is 19.3 Å². The van der Waals surface area contributed by atoms with Crippen molar-refractivity contribution in [2.45, 2.75) is 32.8 Å². The van der Waals surface area contributed by atoms with Gasteiger partial charge in [0, 0.05) is 30.2 Å². The number of halogens is 1. The topological polar surface area (TPSA) is 73.6 Å². The van der Waals surface area contributed by atoms with Gasteiger partial charge in [-0.3, -0.25) is 4.79 Å². The smallest absolute Gasteiger partial charge is 0.273 e. The molecule has 1 fully saturated rings. The number of ether oxygens (including phenoxy) is 2. The number of allylic oxidation sites excluding steroid dienone is 2. The molecule has 1 atom stereocenters. The van der Waals surface area contributed by atoms with Crippen molar-refractivity contribution in [2.75, 3.05) is 26.4 Å². The zero-order chi connectivity index (χ0) is 17.6. The molecule has 1 amide bonds. The zero-order valence-corrected chi connectivity index (χ0v) is 14.3. The van der Waals surface area contributed by atoms with Gasteiger partial charge in [-0.25, -0.2) is 4.39 Å². The Balaban J connectivity index is 1.49. The first kappa shape index (κ1) is 17.8. The lowest BCUT2D eigenvalue weighted by molar-refractivity contribution is 0.0933. The van der Waals surface area contributed by atoms with E-state index in [0.29, 0.717) is 36.0 Å². The predicted octanol–water partition coefficient (Wildman–Crippen LogP) is 2.84. The molecule has 1 saturated heterocycles. The van der Waals surface area contributed by atoms with Crippen LogP contribution >= 0.6 is 0 Å². The monoisotopic (exact) mass is 350 g/mol. The number of nitrogens with zero attached hydrogens (tertiary/aromatic N) is 1. The van der Waals surface area contributed by atoms with Gasteiger partial charge >= 0.3 is 0 Å². The van der Waals surface area contributed by atoms with Crippen LogP contribution in [0.1, 0.15) is 41.1 Å². The van der Waals surface area contributed by atoms with Gasteiger partial charge in [0.1, 0.15) is 12.4 Å². The lowest BCUT2D eigenvalue weighted by Crippen LogP contribution is -2.30. The van der Waals surface area contributed by atoms with E-state index in [4.69, 9.17) is 14.0 Å². The van der Waals surface area contributed by atoms with Gasteiger partial charge in [-0.15, -0.1) is 0 Å². The lowest BCUT2D eigenvalue weighted by Gasteiger charge is -2.10. The normalized spacial score (nSPS) is 20.3. The number of hydrogen-bond donors (Lipinski definition) is 1. The number of carbonyl (C=O) groups is 1. The molecule has 0 saturated carbocycles. The number of amides is 1. The maximum absolute atomic E-state index is 13.6. The van der Waals surface area contributed by atoms with Crippen molar-refractivity contribution in [1.29, 1.82) is 0 Å². The first-order valence-corrected chi connectivity index (χ1v) is 8.59. The molecule has 1 aromatic heterocycles. The molecule has 25 heavy (non-hydrogen) atoms. The third-order valence-electron chi connectivity index (χ3n) is 4.49. The molecule has 1 aliphatic heterocycles.